The third-order valence-electron chi connectivity index (χ3n) is 3.36. The average Bonchev–Trinajstić information content (AvgIpc) is 2.15. The Morgan fingerprint density at radius 2 is 2.07 bits per heavy atom. The van der Waals surface area contributed by atoms with E-state index in [0.717, 1.165) is 6.54 Å². The standard InChI is InChI=1S/C12H25NS/c1-3-13-11-12(7-5-8-12)9-6-10-14-4-2/h13H,3-11H2,1-2H3. The molecular weight excluding hydrogens is 190 g/mol. The maximum atomic E-state index is 3.53. The Hall–Kier alpha value is 0.310. The molecule has 1 fully saturated rings. The lowest BCUT2D eigenvalue weighted by Crippen LogP contribution is -2.39. The molecule has 14 heavy (non-hydrogen) atoms. The van der Waals surface area contributed by atoms with Gasteiger partial charge in [-0.15, -0.1) is 0 Å². The van der Waals surface area contributed by atoms with E-state index in [1.807, 2.05) is 0 Å². The summed E-state index contributed by atoms with van der Waals surface area (Å²) in [5.41, 5.74) is 0.699. The van der Waals surface area contributed by atoms with Crippen LogP contribution in [0.25, 0.3) is 0 Å². The van der Waals surface area contributed by atoms with Crippen molar-refractivity contribution in [3.05, 3.63) is 0 Å². The fourth-order valence-electron chi connectivity index (χ4n) is 2.28. The normalized spacial score (nSPS) is 19.3. The van der Waals surface area contributed by atoms with Crippen LogP contribution < -0.4 is 5.32 Å². The van der Waals surface area contributed by atoms with Crippen molar-refractivity contribution in [3.8, 4) is 0 Å². The van der Waals surface area contributed by atoms with Gasteiger partial charge in [0.15, 0.2) is 0 Å². The van der Waals surface area contributed by atoms with Crippen LogP contribution in [0.5, 0.6) is 0 Å². The monoisotopic (exact) mass is 215 g/mol. The van der Waals surface area contributed by atoms with Gasteiger partial charge in [0.2, 0.25) is 0 Å². The van der Waals surface area contributed by atoms with Gasteiger partial charge in [-0.2, -0.15) is 11.8 Å². The van der Waals surface area contributed by atoms with Crippen molar-refractivity contribution in [2.45, 2.75) is 46.0 Å². The number of hydrogen-bond donors (Lipinski definition) is 1. The van der Waals surface area contributed by atoms with Crippen LogP contribution in [0.4, 0.5) is 0 Å². The van der Waals surface area contributed by atoms with Gasteiger partial charge in [0.05, 0.1) is 0 Å². The zero-order valence-electron chi connectivity index (χ0n) is 9.77. The molecule has 0 aromatic carbocycles. The Labute approximate surface area is 93.4 Å². The molecule has 0 spiro atoms. The van der Waals surface area contributed by atoms with E-state index in [2.05, 4.69) is 30.9 Å². The van der Waals surface area contributed by atoms with E-state index < -0.39 is 0 Å². The Morgan fingerprint density at radius 3 is 2.57 bits per heavy atom. The summed E-state index contributed by atoms with van der Waals surface area (Å²) >= 11 is 2.09. The molecule has 0 heterocycles. The highest BCUT2D eigenvalue weighted by Crippen LogP contribution is 2.44. The number of nitrogens with one attached hydrogen (secondary N) is 1. The van der Waals surface area contributed by atoms with Crippen LogP contribution in [0.15, 0.2) is 0 Å². The molecule has 1 aliphatic carbocycles. The summed E-state index contributed by atoms with van der Waals surface area (Å²) in [5, 5.41) is 3.53. The third-order valence-corrected chi connectivity index (χ3v) is 4.35. The van der Waals surface area contributed by atoms with E-state index in [-0.39, 0.29) is 0 Å². The summed E-state index contributed by atoms with van der Waals surface area (Å²) in [6.07, 6.45) is 7.27. The molecule has 1 nitrogen and oxygen atoms in total. The van der Waals surface area contributed by atoms with E-state index >= 15 is 0 Å². The van der Waals surface area contributed by atoms with E-state index in [1.165, 1.54) is 50.2 Å². The van der Waals surface area contributed by atoms with Crippen molar-refractivity contribution in [2.75, 3.05) is 24.6 Å². The molecule has 2 heteroatoms. The molecule has 0 aromatic heterocycles. The van der Waals surface area contributed by atoms with Crippen molar-refractivity contribution in [2.24, 2.45) is 5.41 Å². The van der Waals surface area contributed by atoms with Crippen LogP contribution in [0, 0.1) is 5.41 Å². The van der Waals surface area contributed by atoms with Gasteiger partial charge in [-0.25, -0.2) is 0 Å². The topological polar surface area (TPSA) is 12.0 Å². The van der Waals surface area contributed by atoms with Crippen LogP contribution in [-0.4, -0.2) is 24.6 Å². The summed E-state index contributed by atoms with van der Waals surface area (Å²) < 4.78 is 0. The molecule has 1 saturated carbocycles. The lowest BCUT2D eigenvalue weighted by molar-refractivity contribution is 0.117. The Morgan fingerprint density at radius 1 is 1.29 bits per heavy atom. The molecule has 0 radical (unpaired) electrons. The number of hydrogen-bond acceptors (Lipinski definition) is 2. The van der Waals surface area contributed by atoms with Crippen LogP contribution in [0.2, 0.25) is 0 Å². The maximum Gasteiger partial charge on any atom is 0.000769 e. The minimum atomic E-state index is 0.699. The van der Waals surface area contributed by atoms with Gasteiger partial charge < -0.3 is 5.32 Å². The molecule has 0 aromatic rings. The van der Waals surface area contributed by atoms with Gasteiger partial charge >= 0.3 is 0 Å². The summed E-state index contributed by atoms with van der Waals surface area (Å²) in [6, 6.07) is 0. The molecular formula is C12H25NS. The van der Waals surface area contributed by atoms with Crippen LogP contribution in [0.1, 0.15) is 46.0 Å². The predicted molar refractivity (Wildman–Crippen MR) is 67.1 cm³/mol. The SMILES string of the molecule is CCNCC1(CCCSCC)CCC1. The molecule has 0 atom stereocenters. The van der Waals surface area contributed by atoms with Gasteiger partial charge in [-0.05, 0) is 49.1 Å². The quantitative estimate of drug-likeness (QED) is 0.624. The lowest BCUT2D eigenvalue weighted by Gasteiger charge is -2.42. The minimum Gasteiger partial charge on any atom is -0.316 e. The van der Waals surface area contributed by atoms with Crippen molar-refractivity contribution in [3.63, 3.8) is 0 Å². The maximum absolute atomic E-state index is 3.53. The molecule has 0 aliphatic heterocycles. The van der Waals surface area contributed by atoms with Gasteiger partial charge in [0, 0.05) is 6.54 Å². The summed E-state index contributed by atoms with van der Waals surface area (Å²) in [7, 11) is 0. The van der Waals surface area contributed by atoms with E-state index in [4.69, 9.17) is 0 Å². The summed E-state index contributed by atoms with van der Waals surface area (Å²) in [6.45, 7) is 6.85. The molecule has 0 amide bonds. The second kappa shape index (κ2) is 6.73. The zero-order chi connectivity index (χ0) is 10.3. The first-order valence-electron chi connectivity index (χ1n) is 6.11. The fraction of sp³-hybridized carbons (Fsp3) is 1.00. The third kappa shape index (κ3) is 3.82. The number of rotatable bonds is 8. The smallest absolute Gasteiger partial charge is 0.000769 e. The largest absolute Gasteiger partial charge is 0.316 e. The minimum absolute atomic E-state index is 0.699. The summed E-state index contributed by atoms with van der Waals surface area (Å²) in [5.74, 6) is 2.64. The van der Waals surface area contributed by atoms with Gasteiger partial charge in [-0.3, -0.25) is 0 Å². The average molecular weight is 215 g/mol. The zero-order valence-corrected chi connectivity index (χ0v) is 10.6. The fourth-order valence-corrected chi connectivity index (χ4v) is 2.91. The molecule has 0 saturated heterocycles. The molecule has 84 valence electrons. The Kier molecular flexibility index (Phi) is 5.95. The van der Waals surface area contributed by atoms with E-state index in [0.29, 0.717) is 5.41 Å². The highest BCUT2D eigenvalue weighted by Gasteiger charge is 2.35. The second-order valence-electron chi connectivity index (χ2n) is 4.43. The Bertz CT molecular complexity index is 143. The molecule has 1 rings (SSSR count). The molecule has 1 N–H and O–H groups in total. The van der Waals surface area contributed by atoms with E-state index in [9.17, 15) is 0 Å². The second-order valence-corrected chi connectivity index (χ2v) is 5.83. The molecule has 1 aliphatic rings. The first-order chi connectivity index (χ1) is 6.83. The van der Waals surface area contributed by atoms with Crippen molar-refractivity contribution in [1.82, 2.24) is 5.32 Å². The van der Waals surface area contributed by atoms with Crippen LogP contribution in [0.3, 0.4) is 0 Å². The van der Waals surface area contributed by atoms with Crippen LogP contribution >= 0.6 is 11.8 Å². The van der Waals surface area contributed by atoms with Crippen molar-refractivity contribution in [1.29, 1.82) is 0 Å². The van der Waals surface area contributed by atoms with Crippen molar-refractivity contribution < 1.29 is 0 Å². The predicted octanol–water partition coefficient (Wildman–Crippen LogP) is 3.30. The first kappa shape index (κ1) is 12.4. The first-order valence-corrected chi connectivity index (χ1v) is 7.27. The Balaban J connectivity index is 2.10. The summed E-state index contributed by atoms with van der Waals surface area (Å²) in [4.78, 5) is 0. The van der Waals surface area contributed by atoms with Gasteiger partial charge in [0.25, 0.3) is 0 Å². The van der Waals surface area contributed by atoms with Crippen molar-refractivity contribution >= 4 is 11.8 Å². The highest BCUT2D eigenvalue weighted by molar-refractivity contribution is 7.99. The highest BCUT2D eigenvalue weighted by atomic mass is 32.2. The number of thioether (sulfide) groups is 1. The van der Waals surface area contributed by atoms with Gasteiger partial charge in [-0.1, -0.05) is 20.3 Å². The molecule has 0 bridgehead atoms. The van der Waals surface area contributed by atoms with Gasteiger partial charge in [0.1, 0.15) is 0 Å². The van der Waals surface area contributed by atoms with E-state index in [1.54, 1.807) is 0 Å². The lowest BCUT2D eigenvalue weighted by atomic mass is 9.66. The van der Waals surface area contributed by atoms with Crippen LogP contribution in [-0.2, 0) is 0 Å². The molecule has 0 unspecified atom stereocenters.